The lowest BCUT2D eigenvalue weighted by atomic mass is 9.98. The van der Waals surface area contributed by atoms with Crippen molar-refractivity contribution in [3.05, 3.63) is 82.9 Å². The van der Waals surface area contributed by atoms with E-state index >= 15 is 0 Å². The number of hydrogen-bond acceptors (Lipinski definition) is 3. The van der Waals surface area contributed by atoms with Gasteiger partial charge in [0, 0.05) is 16.5 Å². The molecule has 2 fully saturated rings. The Kier molecular flexibility index (Phi) is 8.34. The normalized spacial score (nSPS) is 22.1. The van der Waals surface area contributed by atoms with Crippen molar-refractivity contribution in [2.45, 2.75) is 37.5 Å². The Hall–Kier alpha value is -1.85. The zero-order chi connectivity index (χ0) is 21.5. The lowest BCUT2D eigenvalue weighted by Crippen LogP contribution is -2.55. The van der Waals surface area contributed by atoms with E-state index in [0.29, 0.717) is 24.0 Å². The van der Waals surface area contributed by atoms with E-state index in [4.69, 9.17) is 27.9 Å². The number of halogens is 2. The van der Waals surface area contributed by atoms with Gasteiger partial charge in [0.1, 0.15) is 6.10 Å². The second-order valence-corrected chi connectivity index (χ2v) is 8.42. The van der Waals surface area contributed by atoms with Gasteiger partial charge in [0.15, 0.2) is 0 Å². The van der Waals surface area contributed by atoms with Crippen LogP contribution in [0.2, 0.25) is 10.0 Å². The number of nitrogens with zero attached hydrogens (tertiary/aromatic N) is 1. The van der Waals surface area contributed by atoms with Gasteiger partial charge in [0.25, 0.3) is 5.91 Å². The second kappa shape index (κ2) is 11.0. The molecule has 1 aliphatic carbocycles. The van der Waals surface area contributed by atoms with E-state index in [1.807, 2.05) is 59.5 Å². The molecule has 1 saturated heterocycles. The number of rotatable bonds is 6. The summed E-state index contributed by atoms with van der Waals surface area (Å²) in [5, 5.41) is 11.3. The highest BCUT2D eigenvalue weighted by Gasteiger charge is 2.45. The van der Waals surface area contributed by atoms with Crippen molar-refractivity contribution in [2.75, 3.05) is 13.2 Å². The molecule has 2 aromatic carbocycles. The molecule has 160 valence electrons. The maximum Gasteiger partial charge on any atom is 0.252 e. The number of aliphatic hydroxyl groups excluding tert-OH is 1. The molecule has 0 spiro atoms. The number of aliphatic hydroxyl groups is 1. The van der Waals surface area contributed by atoms with Crippen molar-refractivity contribution in [3.8, 4) is 0 Å². The predicted octanol–water partition coefficient (Wildman–Crippen LogP) is 5.30. The molecule has 1 heterocycles. The van der Waals surface area contributed by atoms with Crippen molar-refractivity contribution in [1.29, 1.82) is 0 Å². The van der Waals surface area contributed by atoms with Gasteiger partial charge in [0.2, 0.25) is 0 Å². The van der Waals surface area contributed by atoms with Crippen LogP contribution in [0.4, 0.5) is 0 Å². The first kappa shape index (κ1) is 22.8. The number of benzene rings is 2. The summed E-state index contributed by atoms with van der Waals surface area (Å²) in [6, 6.07) is 16.6. The molecule has 1 aliphatic heterocycles. The van der Waals surface area contributed by atoms with Crippen LogP contribution in [0.3, 0.4) is 0 Å². The average Bonchev–Trinajstić information content (AvgIpc) is 3.58. The number of amides is 1. The van der Waals surface area contributed by atoms with E-state index in [1.54, 1.807) is 6.08 Å². The molecule has 0 aromatic heterocycles. The first-order valence-electron chi connectivity index (χ1n) is 10.2. The highest BCUT2D eigenvalue weighted by atomic mass is 35.5. The molecule has 0 bridgehead atoms. The first-order valence-corrected chi connectivity index (χ1v) is 10.9. The number of hydrogen-bond donors (Lipinski definition) is 1. The van der Waals surface area contributed by atoms with E-state index in [9.17, 15) is 9.90 Å². The Balaban J connectivity index is 0.000000310. The monoisotopic (exact) mass is 447 g/mol. The third-order valence-corrected chi connectivity index (χ3v) is 5.90. The Morgan fingerprint density at radius 1 is 1.10 bits per heavy atom. The zero-order valence-electron chi connectivity index (χ0n) is 16.8. The van der Waals surface area contributed by atoms with Gasteiger partial charge in [-0.15, -0.1) is 6.58 Å². The molecule has 0 radical (unpaired) electrons. The van der Waals surface area contributed by atoms with Crippen LogP contribution in [-0.2, 0) is 9.53 Å². The predicted molar refractivity (Wildman–Crippen MR) is 121 cm³/mol. The van der Waals surface area contributed by atoms with Crippen LogP contribution in [0, 0.1) is 5.92 Å². The minimum Gasteiger partial charge on any atom is -0.394 e. The van der Waals surface area contributed by atoms with Crippen LogP contribution >= 0.6 is 23.2 Å². The largest absolute Gasteiger partial charge is 0.394 e. The van der Waals surface area contributed by atoms with Crippen LogP contribution in [0.5, 0.6) is 0 Å². The summed E-state index contributed by atoms with van der Waals surface area (Å²) in [5.41, 5.74) is 0.985. The third-order valence-electron chi connectivity index (χ3n) is 5.40. The fraction of sp³-hybridized carbons (Fsp3) is 0.375. The molecule has 4 nitrogen and oxygen atoms in total. The molecule has 1 N–H and O–H groups in total. The van der Waals surface area contributed by atoms with Crippen LogP contribution in [0.15, 0.2) is 67.3 Å². The maximum absolute atomic E-state index is 12.9. The summed E-state index contributed by atoms with van der Waals surface area (Å²) in [6.45, 7) is 4.11. The zero-order valence-corrected chi connectivity index (χ0v) is 18.3. The van der Waals surface area contributed by atoms with Crippen molar-refractivity contribution >= 4 is 29.1 Å². The highest BCUT2D eigenvalue weighted by Crippen LogP contribution is 2.40. The molecule has 4 rings (SSSR count). The molecule has 30 heavy (non-hydrogen) atoms. The number of carbonyl (C=O) groups is 1. The summed E-state index contributed by atoms with van der Waals surface area (Å²) in [7, 11) is 0. The second-order valence-electron chi connectivity index (χ2n) is 7.54. The molecule has 3 unspecified atom stereocenters. The first-order chi connectivity index (χ1) is 14.5. The fourth-order valence-corrected chi connectivity index (χ4v) is 3.97. The van der Waals surface area contributed by atoms with Crippen LogP contribution in [0.25, 0.3) is 0 Å². The van der Waals surface area contributed by atoms with E-state index in [1.165, 1.54) is 0 Å². The number of ether oxygens (including phenoxy) is 1. The molecule has 3 atom stereocenters. The lowest BCUT2D eigenvalue weighted by Gasteiger charge is -2.43. The smallest absolute Gasteiger partial charge is 0.252 e. The van der Waals surface area contributed by atoms with Crippen molar-refractivity contribution < 1.29 is 14.6 Å². The van der Waals surface area contributed by atoms with Gasteiger partial charge in [-0.2, -0.15) is 0 Å². The Labute approximate surface area is 188 Å². The Morgan fingerprint density at radius 2 is 1.73 bits per heavy atom. The van der Waals surface area contributed by atoms with Gasteiger partial charge < -0.3 is 14.7 Å². The maximum atomic E-state index is 12.9. The van der Waals surface area contributed by atoms with Crippen molar-refractivity contribution in [1.82, 2.24) is 4.90 Å². The molecule has 1 saturated carbocycles. The summed E-state index contributed by atoms with van der Waals surface area (Å²) in [4.78, 5) is 14.8. The fourth-order valence-electron chi connectivity index (χ4n) is 3.70. The van der Waals surface area contributed by atoms with Crippen LogP contribution in [0.1, 0.15) is 30.9 Å². The van der Waals surface area contributed by atoms with E-state index in [-0.39, 0.29) is 24.6 Å². The molecule has 2 aromatic rings. The van der Waals surface area contributed by atoms with E-state index in [2.05, 4.69) is 6.58 Å². The third kappa shape index (κ3) is 5.86. The molecular formula is C24H27Cl2NO3. The van der Waals surface area contributed by atoms with Crippen molar-refractivity contribution in [2.24, 2.45) is 5.92 Å². The Bertz CT molecular complexity index is 824. The summed E-state index contributed by atoms with van der Waals surface area (Å²) in [6.07, 6.45) is 3.83. The van der Waals surface area contributed by atoms with E-state index in [0.717, 1.165) is 23.4 Å². The minimum absolute atomic E-state index is 0.0126. The van der Waals surface area contributed by atoms with Gasteiger partial charge in [-0.3, -0.25) is 4.79 Å². The SMILES string of the molecule is C=CCC1OCC(c2ccc(Cl)cc2)N(C(CO)C2CC2)C1=O.Clc1ccccc1. The topological polar surface area (TPSA) is 49.8 Å². The van der Waals surface area contributed by atoms with E-state index < -0.39 is 6.10 Å². The minimum atomic E-state index is -0.496. The molecular weight excluding hydrogens is 421 g/mol. The van der Waals surface area contributed by atoms with Gasteiger partial charge in [-0.1, -0.05) is 59.6 Å². The summed E-state index contributed by atoms with van der Waals surface area (Å²) >= 11 is 11.5. The average molecular weight is 448 g/mol. The van der Waals surface area contributed by atoms with Gasteiger partial charge in [0.05, 0.1) is 25.3 Å². The molecule has 6 heteroatoms. The quantitative estimate of drug-likeness (QED) is 0.611. The molecule has 2 aliphatic rings. The number of carbonyl (C=O) groups excluding carboxylic acids is 1. The molecule has 1 amide bonds. The summed E-state index contributed by atoms with van der Waals surface area (Å²) < 4.78 is 5.78. The standard InChI is InChI=1S/C18H22ClNO3.C6H5Cl/c1-2-3-17-18(22)20(15(10-21)12-4-5-12)16(11-23-17)13-6-8-14(19)9-7-13;7-6-4-2-1-3-5-6/h2,6-9,12,15-17,21H,1,3-5,10-11H2;1-5H. The van der Waals surface area contributed by atoms with Crippen LogP contribution < -0.4 is 0 Å². The number of morpholine rings is 1. The van der Waals surface area contributed by atoms with Gasteiger partial charge >= 0.3 is 0 Å². The van der Waals surface area contributed by atoms with Crippen molar-refractivity contribution in [3.63, 3.8) is 0 Å². The lowest BCUT2D eigenvalue weighted by molar-refractivity contribution is -0.166. The van der Waals surface area contributed by atoms with Crippen LogP contribution in [-0.4, -0.2) is 41.3 Å². The summed E-state index contributed by atoms with van der Waals surface area (Å²) in [5.74, 6) is 0.336. The Morgan fingerprint density at radius 3 is 2.23 bits per heavy atom. The highest BCUT2D eigenvalue weighted by molar-refractivity contribution is 6.30. The van der Waals surface area contributed by atoms with Gasteiger partial charge in [-0.25, -0.2) is 0 Å². The van der Waals surface area contributed by atoms with Gasteiger partial charge in [-0.05, 0) is 48.6 Å².